The van der Waals surface area contributed by atoms with E-state index >= 15 is 0 Å². The minimum absolute atomic E-state index is 0.723. The van der Waals surface area contributed by atoms with Crippen LogP contribution in [0.15, 0.2) is 48.5 Å². The molecular weight excluding hydrogens is 220 g/mol. The summed E-state index contributed by atoms with van der Waals surface area (Å²) >= 11 is 0. The van der Waals surface area contributed by atoms with E-state index in [4.69, 9.17) is 5.26 Å². The largest absolute Gasteiger partial charge is 0.367 e. The summed E-state index contributed by atoms with van der Waals surface area (Å²) in [6, 6.07) is 18.6. The molecule has 2 nitrogen and oxygen atoms in total. The molecule has 2 aromatic carbocycles. The Morgan fingerprint density at radius 2 is 1.83 bits per heavy atom. The van der Waals surface area contributed by atoms with Crippen molar-refractivity contribution in [1.82, 2.24) is 0 Å². The van der Waals surface area contributed by atoms with Gasteiger partial charge in [-0.1, -0.05) is 30.3 Å². The molecule has 0 fully saturated rings. The van der Waals surface area contributed by atoms with Crippen LogP contribution >= 0.6 is 0 Å². The summed E-state index contributed by atoms with van der Waals surface area (Å²) in [6.07, 6.45) is 1.13. The predicted molar refractivity (Wildman–Crippen MR) is 72.4 cm³/mol. The number of nitriles is 1. The smallest absolute Gasteiger partial charge is 0.0991 e. The van der Waals surface area contributed by atoms with Crippen LogP contribution in [0.25, 0.3) is 0 Å². The van der Waals surface area contributed by atoms with Gasteiger partial charge in [-0.3, -0.25) is 0 Å². The van der Waals surface area contributed by atoms with Crippen molar-refractivity contribution in [2.75, 3.05) is 11.4 Å². The average molecular weight is 234 g/mol. The van der Waals surface area contributed by atoms with Gasteiger partial charge in [0.05, 0.1) is 11.6 Å². The van der Waals surface area contributed by atoms with Crippen LogP contribution in [-0.4, -0.2) is 6.54 Å². The number of benzene rings is 2. The van der Waals surface area contributed by atoms with Crippen LogP contribution in [0, 0.1) is 11.3 Å². The number of hydrogen-bond acceptors (Lipinski definition) is 2. The third kappa shape index (κ3) is 1.96. The predicted octanol–water partition coefficient (Wildman–Crippen LogP) is 3.12. The lowest BCUT2D eigenvalue weighted by Crippen LogP contribution is -2.19. The van der Waals surface area contributed by atoms with E-state index in [2.05, 4.69) is 35.2 Å². The summed E-state index contributed by atoms with van der Waals surface area (Å²) < 4.78 is 0. The molecule has 18 heavy (non-hydrogen) atoms. The van der Waals surface area contributed by atoms with Gasteiger partial charge in [0.15, 0.2) is 0 Å². The van der Waals surface area contributed by atoms with Crippen molar-refractivity contribution in [3.05, 3.63) is 65.2 Å². The highest BCUT2D eigenvalue weighted by molar-refractivity contribution is 5.58. The molecule has 1 aliphatic heterocycles. The van der Waals surface area contributed by atoms with E-state index in [-0.39, 0.29) is 0 Å². The third-order valence-electron chi connectivity index (χ3n) is 3.44. The molecule has 0 aromatic heterocycles. The van der Waals surface area contributed by atoms with Gasteiger partial charge in [-0.15, -0.1) is 0 Å². The molecule has 0 atom stereocenters. The van der Waals surface area contributed by atoms with Crippen molar-refractivity contribution >= 4 is 5.69 Å². The summed E-state index contributed by atoms with van der Waals surface area (Å²) in [6.45, 7) is 2.00. The molecule has 0 aliphatic carbocycles. The fourth-order valence-corrected chi connectivity index (χ4v) is 2.48. The maximum atomic E-state index is 8.78. The summed E-state index contributed by atoms with van der Waals surface area (Å²) in [5, 5.41) is 8.78. The van der Waals surface area contributed by atoms with Crippen LogP contribution < -0.4 is 4.90 Å². The van der Waals surface area contributed by atoms with Crippen molar-refractivity contribution in [3.8, 4) is 6.07 Å². The Hall–Kier alpha value is -2.27. The lowest BCUT2D eigenvalue weighted by molar-refractivity contribution is 0.836. The minimum Gasteiger partial charge on any atom is -0.367 e. The molecule has 0 bridgehead atoms. The molecule has 0 saturated heterocycles. The van der Waals surface area contributed by atoms with Gasteiger partial charge in [0.25, 0.3) is 0 Å². The maximum absolute atomic E-state index is 8.78. The number of rotatable bonds is 2. The number of hydrogen-bond donors (Lipinski definition) is 0. The molecule has 1 aliphatic rings. The first kappa shape index (κ1) is 10.9. The van der Waals surface area contributed by atoms with Crippen molar-refractivity contribution in [1.29, 1.82) is 5.26 Å². The first-order valence-electron chi connectivity index (χ1n) is 6.19. The summed E-state index contributed by atoms with van der Waals surface area (Å²) in [5.74, 6) is 0. The van der Waals surface area contributed by atoms with E-state index in [1.807, 2.05) is 24.3 Å². The number of anilines is 1. The zero-order valence-corrected chi connectivity index (χ0v) is 10.1. The monoisotopic (exact) mass is 234 g/mol. The quantitative estimate of drug-likeness (QED) is 0.798. The molecule has 2 aromatic rings. The second-order valence-corrected chi connectivity index (χ2v) is 4.61. The van der Waals surface area contributed by atoms with Crippen LogP contribution in [0.1, 0.15) is 16.7 Å². The van der Waals surface area contributed by atoms with Crippen molar-refractivity contribution in [3.63, 3.8) is 0 Å². The highest BCUT2D eigenvalue weighted by Gasteiger charge is 2.17. The van der Waals surface area contributed by atoms with Gasteiger partial charge in [0.1, 0.15) is 0 Å². The standard InChI is InChI=1S/C16H14N2/c17-11-13-5-7-14(8-6-13)12-18-10-9-15-3-1-2-4-16(15)18/h1-8H,9-10,12H2. The molecule has 0 N–H and O–H groups in total. The Balaban J connectivity index is 1.80. The third-order valence-corrected chi connectivity index (χ3v) is 3.44. The molecule has 0 radical (unpaired) electrons. The van der Waals surface area contributed by atoms with Crippen LogP contribution in [-0.2, 0) is 13.0 Å². The van der Waals surface area contributed by atoms with Crippen LogP contribution in [0.5, 0.6) is 0 Å². The lowest BCUT2D eigenvalue weighted by Gasteiger charge is -2.19. The number of fused-ring (bicyclic) bond motifs is 1. The van der Waals surface area contributed by atoms with Gasteiger partial charge in [-0.25, -0.2) is 0 Å². The highest BCUT2D eigenvalue weighted by Crippen LogP contribution is 2.28. The Kier molecular flexibility index (Phi) is 2.74. The second-order valence-electron chi connectivity index (χ2n) is 4.61. The van der Waals surface area contributed by atoms with Crippen molar-refractivity contribution in [2.24, 2.45) is 0 Å². The van der Waals surface area contributed by atoms with Crippen LogP contribution in [0.2, 0.25) is 0 Å². The van der Waals surface area contributed by atoms with Gasteiger partial charge in [-0.05, 0) is 35.7 Å². The van der Waals surface area contributed by atoms with Gasteiger partial charge in [-0.2, -0.15) is 5.26 Å². The van der Waals surface area contributed by atoms with Gasteiger partial charge in [0, 0.05) is 18.8 Å². The van der Waals surface area contributed by atoms with Crippen molar-refractivity contribution < 1.29 is 0 Å². The lowest BCUT2D eigenvalue weighted by atomic mass is 10.1. The van der Waals surface area contributed by atoms with E-state index in [1.54, 1.807) is 0 Å². The molecular formula is C16H14N2. The normalized spacial score (nSPS) is 13.2. The highest BCUT2D eigenvalue weighted by atomic mass is 15.1. The number of nitrogens with zero attached hydrogens (tertiary/aromatic N) is 2. The second kappa shape index (κ2) is 4.54. The van der Waals surface area contributed by atoms with Gasteiger partial charge in [0.2, 0.25) is 0 Å². The maximum Gasteiger partial charge on any atom is 0.0991 e. The Morgan fingerprint density at radius 3 is 2.61 bits per heavy atom. The van der Waals surface area contributed by atoms with Gasteiger partial charge >= 0.3 is 0 Å². The fraction of sp³-hybridized carbons (Fsp3) is 0.188. The molecule has 0 spiro atoms. The van der Waals surface area contributed by atoms with E-state index in [0.29, 0.717) is 0 Å². The van der Waals surface area contributed by atoms with E-state index < -0.39 is 0 Å². The van der Waals surface area contributed by atoms with Crippen molar-refractivity contribution in [2.45, 2.75) is 13.0 Å². The topological polar surface area (TPSA) is 27.0 Å². The zero-order valence-electron chi connectivity index (χ0n) is 10.1. The van der Waals surface area contributed by atoms with Crippen LogP contribution in [0.4, 0.5) is 5.69 Å². The molecule has 2 heteroatoms. The van der Waals surface area contributed by atoms with E-state index in [1.165, 1.54) is 16.8 Å². The van der Waals surface area contributed by atoms with E-state index in [9.17, 15) is 0 Å². The number of para-hydroxylation sites is 1. The first-order chi connectivity index (χ1) is 8.86. The Bertz CT molecular complexity index is 593. The molecule has 3 rings (SSSR count). The van der Waals surface area contributed by atoms with Gasteiger partial charge < -0.3 is 4.90 Å². The minimum atomic E-state index is 0.723. The first-order valence-corrected chi connectivity index (χ1v) is 6.19. The Morgan fingerprint density at radius 1 is 1.06 bits per heavy atom. The summed E-state index contributed by atoms with van der Waals surface area (Å²) in [7, 11) is 0. The zero-order chi connectivity index (χ0) is 12.4. The fourth-order valence-electron chi connectivity index (χ4n) is 2.48. The van der Waals surface area contributed by atoms with E-state index in [0.717, 1.165) is 25.1 Å². The average Bonchev–Trinajstić information content (AvgIpc) is 2.83. The molecule has 0 saturated carbocycles. The molecule has 1 heterocycles. The van der Waals surface area contributed by atoms with Crippen LogP contribution in [0.3, 0.4) is 0 Å². The Labute approximate surface area is 107 Å². The summed E-state index contributed by atoms with van der Waals surface area (Å²) in [4.78, 5) is 2.40. The molecule has 0 amide bonds. The molecule has 88 valence electrons. The summed E-state index contributed by atoms with van der Waals surface area (Å²) in [5.41, 5.74) is 4.76. The molecule has 0 unspecified atom stereocenters. The SMILES string of the molecule is N#Cc1ccc(CN2CCc3ccccc32)cc1.